The second-order valence-electron chi connectivity index (χ2n) is 5.96. The van der Waals surface area contributed by atoms with Crippen LogP contribution in [0.1, 0.15) is 30.4 Å². The molecule has 2 heterocycles. The van der Waals surface area contributed by atoms with Crippen LogP contribution in [0.15, 0.2) is 12.1 Å². The van der Waals surface area contributed by atoms with Crippen LogP contribution in [0.25, 0.3) is 0 Å². The summed E-state index contributed by atoms with van der Waals surface area (Å²) in [5.74, 6) is -0.0273. The van der Waals surface area contributed by atoms with Gasteiger partial charge in [-0.1, -0.05) is 0 Å². The van der Waals surface area contributed by atoms with E-state index < -0.39 is 5.60 Å². The highest BCUT2D eigenvalue weighted by molar-refractivity contribution is 7.17. The van der Waals surface area contributed by atoms with Crippen LogP contribution in [0, 0.1) is 0 Å². The molecule has 1 aliphatic heterocycles. The van der Waals surface area contributed by atoms with Gasteiger partial charge in [-0.2, -0.15) is 0 Å². The quantitative estimate of drug-likeness (QED) is 0.861. The van der Waals surface area contributed by atoms with Gasteiger partial charge >= 0.3 is 6.09 Å². The van der Waals surface area contributed by atoms with Crippen molar-refractivity contribution in [3.05, 3.63) is 17.0 Å². The summed E-state index contributed by atoms with van der Waals surface area (Å²) in [4.78, 5) is 28.2. The summed E-state index contributed by atoms with van der Waals surface area (Å²) in [6.45, 7) is 7.51. The largest absolute Gasteiger partial charge is 0.444 e. The first kappa shape index (κ1) is 15.6. The van der Waals surface area contributed by atoms with Crippen molar-refractivity contribution in [3.63, 3.8) is 0 Å². The molecule has 1 saturated heterocycles. The number of carbonyl (C=O) groups is 2. The Bertz CT molecular complexity index is 528. The molecule has 0 aliphatic carbocycles. The highest BCUT2D eigenvalue weighted by Crippen LogP contribution is 2.21. The molecule has 2 N–H and O–H groups in total. The molecule has 0 saturated carbocycles. The Morgan fingerprint density at radius 2 is 1.71 bits per heavy atom. The Morgan fingerprint density at radius 1 is 1.14 bits per heavy atom. The zero-order chi connectivity index (χ0) is 15.6. The van der Waals surface area contributed by atoms with Crippen LogP contribution in [0.4, 0.5) is 9.80 Å². The maximum absolute atomic E-state index is 12.3. The monoisotopic (exact) mass is 311 g/mol. The lowest BCUT2D eigenvalue weighted by Crippen LogP contribution is -2.51. The molecule has 0 radical (unpaired) electrons. The molecule has 1 aromatic heterocycles. The molecule has 0 spiro atoms. The van der Waals surface area contributed by atoms with Crippen molar-refractivity contribution in [2.75, 3.05) is 31.9 Å². The number of nitrogen functional groups attached to an aromatic ring is 1. The summed E-state index contributed by atoms with van der Waals surface area (Å²) >= 11 is 1.29. The van der Waals surface area contributed by atoms with Crippen LogP contribution in [-0.4, -0.2) is 53.6 Å². The molecule has 21 heavy (non-hydrogen) atoms. The Hall–Kier alpha value is -1.76. The summed E-state index contributed by atoms with van der Waals surface area (Å²) in [7, 11) is 0. The van der Waals surface area contributed by atoms with Gasteiger partial charge < -0.3 is 20.3 Å². The standard InChI is InChI=1S/C14H21N3O3S/c1-14(2,3)20-13(19)17-8-6-16(7-9-17)12(18)10-4-5-11(15)21-10/h4-5H,6-9,15H2,1-3H3. The zero-order valence-corrected chi connectivity index (χ0v) is 13.4. The Labute approximate surface area is 128 Å². The van der Waals surface area contributed by atoms with Crippen molar-refractivity contribution in [3.8, 4) is 0 Å². The molecular formula is C14H21N3O3S. The number of thiophene rings is 1. The number of carbonyl (C=O) groups excluding carboxylic acids is 2. The molecule has 2 amide bonds. The van der Waals surface area contributed by atoms with Crippen molar-refractivity contribution in [1.82, 2.24) is 9.80 Å². The van der Waals surface area contributed by atoms with Gasteiger partial charge in [-0.05, 0) is 32.9 Å². The molecule has 1 aromatic rings. The third-order valence-corrected chi connectivity index (χ3v) is 3.96. The van der Waals surface area contributed by atoms with Gasteiger partial charge in [-0.25, -0.2) is 4.79 Å². The van der Waals surface area contributed by atoms with Crippen molar-refractivity contribution in [2.45, 2.75) is 26.4 Å². The van der Waals surface area contributed by atoms with Gasteiger partial charge in [0, 0.05) is 26.2 Å². The SMILES string of the molecule is CC(C)(C)OC(=O)N1CCN(C(=O)c2ccc(N)s2)CC1. The highest BCUT2D eigenvalue weighted by Gasteiger charge is 2.28. The molecule has 116 valence electrons. The molecule has 0 unspecified atom stereocenters. The van der Waals surface area contributed by atoms with Gasteiger partial charge in [0.15, 0.2) is 0 Å². The van der Waals surface area contributed by atoms with Crippen molar-refractivity contribution >= 4 is 28.3 Å². The first-order valence-electron chi connectivity index (χ1n) is 6.89. The smallest absolute Gasteiger partial charge is 0.410 e. The van der Waals surface area contributed by atoms with Crippen molar-refractivity contribution in [2.24, 2.45) is 0 Å². The molecule has 0 aromatic carbocycles. The average Bonchev–Trinajstić information content (AvgIpc) is 2.83. The zero-order valence-electron chi connectivity index (χ0n) is 12.6. The molecule has 0 atom stereocenters. The minimum atomic E-state index is -0.501. The van der Waals surface area contributed by atoms with E-state index in [-0.39, 0.29) is 12.0 Å². The number of nitrogens with zero attached hydrogens (tertiary/aromatic N) is 2. The lowest BCUT2D eigenvalue weighted by Gasteiger charge is -2.35. The van der Waals surface area contributed by atoms with Gasteiger partial charge in [0.2, 0.25) is 0 Å². The minimum Gasteiger partial charge on any atom is -0.444 e. The second-order valence-corrected chi connectivity index (χ2v) is 7.08. The molecule has 1 aliphatic rings. The maximum atomic E-state index is 12.3. The number of anilines is 1. The number of hydrogen-bond acceptors (Lipinski definition) is 5. The van der Waals surface area contributed by atoms with E-state index >= 15 is 0 Å². The summed E-state index contributed by atoms with van der Waals surface area (Å²) in [6, 6.07) is 3.47. The highest BCUT2D eigenvalue weighted by atomic mass is 32.1. The number of ether oxygens (including phenoxy) is 1. The van der Waals surface area contributed by atoms with E-state index in [1.807, 2.05) is 20.8 Å². The van der Waals surface area contributed by atoms with Gasteiger partial charge in [-0.3, -0.25) is 4.79 Å². The molecule has 6 nitrogen and oxygen atoms in total. The summed E-state index contributed by atoms with van der Waals surface area (Å²) < 4.78 is 5.33. The summed E-state index contributed by atoms with van der Waals surface area (Å²) in [5, 5.41) is 0.630. The third-order valence-electron chi connectivity index (χ3n) is 3.06. The van der Waals surface area contributed by atoms with E-state index in [1.54, 1.807) is 21.9 Å². The molecule has 7 heteroatoms. The Balaban J connectivity index is 1.88. The van der Waals surface area contributed by atoms with E-state index in [2.05, 4.69) is 0 Å². The van der Waals surface area contributed by atoms with Crippen LogP contribution >= 0.6 is 11.3 Å². The molecule has 2 rings (SSSR count). The number of amides is 2. The Kier molecular flexibility index (Phi) is 4.41. The Morgan fingerprint density at radius 3 is 2.19 bits per heavy atom. The predicted octanol–water partition coefficient (Wildman–Crippen LogP) is 2.02. The molecule has 1 fully saturated rings. The molecule has 0 bridgehead atoms. The van der Waals surface area contributed by atoms with Crippen LogP contribution in [0.5, 0.6) is 0 Å². The lowest BCUT2D eigenvalue weighted by molar-refractivity contribution is 0.0141. The normalized spacial score (nSPS) is 16.0. The topological polar surface area (TPSA) is 75.9 Å². The maximum Gasteiger partial charge on any atom is 0.410 e. The van der Waals surface area contributed by atoms with Gasteiger partial charge in [0.05, 0.1) is 9.88 Å². The van der Waals surface area contributed by atoms with E-state index in [4.69, 9.17) is 10.5 Å². The van der Waals surface area contributed by atoms with E-state index in [9.17, 15) is 9.59 Å². The number of piperazine rings is 1. The van der Waals surface area contributed by atoms with E-state index in [1.165, 1.54) is 11.3 Å². The fraction of sp³-hybridized carbons (Fsp3) is 0.571. The fourth-order valence-electron chi connectivity index (χ4n) is 2.04. The first-order valence-corrected chi connectivity index (χ1v) is 7.70. The lowest BCUT2D eigenvalue weighted by atomic mass is 10.2. The predicted molar refractivity (Wildman–Crippen MR) is 82.4 cm³/mol. The minimum absolute atomic E-state index is 0.0273. The third kappa shape index (κ3) is 4.10. The van der Waals surface area contributed by atoms with E-state index in [0.29, 0.717) is 36.1 Å². The number of hydrogen-bond donors (Lipinski definition) is 1. The van der Waals surface area contributed by atoms with Crippen LogP contribution in [-0.2, 0) is 4.74 Å². The van der Waals surface area contributed by atoms with Gasteiger partial charge in [0.1, 0.15) is 5.60 Å². The van der Waals surface area contributed by atoms with Crippen LogP contribution in [0.2, 0.25) is 0 Å². The fourth-order valence-corrected chi connectivity index (χ4v) is 2.78. The first-order chi connectivity index (χ1) is 9.76. The van der Waals surface area contributed by atoms with Crippen LogP contribution < -0.4 is 5.73 Å². The second kappa shape index (κ2) is 5.93. The van der Waals surface area contributed by atoms with Crippen molar-refractivity contribution in [1.29, 1.82) is 0 Å². The average molecular weight is 311 g/mol. The summed E-state index contributed by atoms with van der Waals surface area (Å²) in [5.41, 5.74) is 5.14. The molecular weight excluding hydrogens is 290 g/mol. The number of nitrogens with two attached hydrogens (primary N) is 1. The van der Waals surface area contributed by atoms with Crippen LogP contribution in [0.3, 0.4) is 0 Å². The number of rotatable bonds is 1. The van der Waals surface area contributed by atoms with Gasteiger partial charge in [-0.15, -0.1) is 11.3 Å². The summed E-state index contributed by atoms with van der Waals surface area (Å²) in [6.07, 6.45) is -0.324. The van der Waals surface area contributed by atoms with Gasteiger partial charge in [0.25, 0.3) is 5.91 Å². The van der Waals surface area contributed by atoms with Crippen molar-refractivity contribution < 1.29 is 14.3 Å². The van der Waals surface area contributed by atoms with E-state index in [0.717, 1.165) is 0 Å².